The Hall–Kier alpha value is -1.16. The van der Waals surface area contributed by atoms with Crippen LogP contribution in [0.4, 0.5) is 5.82 Å². The fourth-order valence-electron chi connectivity index (χ4n) is 1.92. The monoisotopic (exact) mass is 234 g/mol. The minimum Gasteiger partial charge on any atom is -0.353 e. The van der Waals surface area contributed by atoms with E-state index < -0.39 is 0 Å². The van der Waals surface area contributed by atoms with Crippen molar-refractivity contribution >= 4 is 5.82 Å². The smallest absolute Gasteiger partial charge is 0.132 e. The molecule has 0 spiro atoms. The van der Waals surface area contributed by atoms with Gasteiger partial charge < -0.3 is 10.2 Å². The van der Waals surface area contributed by atoms with E-state index in [1.807, 2.05) is 7.05 Å². The summed E-state index contributed by atoms with van der Waals surface area (Å²) in [6, 6.07) is 2.74. The number of hydrogen-bond donors (Lipinski definition) is 1. The lowest BCUT2D eigenvalue weighted by Crippen LogP contribution is -2.57. The summed E-state index contributed by atoms with van der Waals surface area (Å²) < 4.78 is 0. The summed E-state index contributed by atoms with van der Waals surface area (Å²) in [6.45, 7) is 8.73. The molecule has 0 saturated carbocycles. The first kappa shape index (κ1) is 12.3. The molecule has 1 fully saturated rings. The van der Waals surface area contributed by atoms with Crippen molar-refractivity contribution in [3.8, 4) is 0 Å². The van der Waals surface area contributed by atoms with Crippen LogP contribution in [0.1, 0.15) is 32.9 Å². The summed E-state index contributed by atoms with van der Waals surface area (Å²) in [5.41, 5.74) is 1.27. The Morgan fingerprint density at radius 1 is 1.41 bits per heavy atom. The zero-order chi connectivity index (χ0) is 12.5. The van der Waals surface area contributed by atoms with Crippen molar-refractivity contribution in [1.82, 2.24) is 15.3 Å². The normalized spacial score (nSPS) is 17.1. The standard InChI is InChI=1S/C13H22N4/c1-5-13(2,3)11-6-12(16-9-15-11)17-7-10(8-17)14-4/h6,9-10,14H,5,7-8H2,1-4H3. The Morgan fingerprint density at radius 2 is 2.12 bits per heavy atom. The second kappa shape index (κ2) is 4.61. The highest BCUT2D eigenvalue weighted by molar-refractivity contribution is 5.44. The van der Waals surface area contributed by atoms with Crippen molar-refractivity contribution in [3.05, 3.63) is 18.1 Å². The Morgan fingerprint density at radius 3 is 2.71 bits per heavy atom. The van der Waals surface area contributed by atoms with E-state index in [0.717, 1.165) is 31.0 Å². The lowest BCUT2D eigenvalue weighted by molar-refractivity contribution is 0.444. The molecule has 1 aromatic heterocycles. The van der Waals surface area contributed by atoms with Crippen molar-refractivity contribution in [2.75, 3.05) is 25.0 Å². The van der Waals surface area contributed by atoms with Crippen LogP contribution >= 0.6 is 0 Å². The highest BCUT2D eigenvalue weighted by Crippen LogP contribution is 2.27. The van der Waals surface area contributed by atoms with Crippen molar-refractivity contribution in [2.24, 2.45) is 0 Å². The van der Waals surface area contributed by atoms with E-state index in [0.29, 0.717) is 6.04 Å². The van der Waals surface area contributed by atoms with E-state index in [4.69, 9.17) is 0 Å². The average Bonchev–Trinajstić information content (AvgIpc) is 2.28. The van der Waals surface area contributed by atoms with Crippen LogP contribution in [0.5, 0.6) is 0 Å². The number of hydrogen-bond acceptors (Lipinski definition) is 4. The summed E-state index contributed by atoms with van der Waals surface area (Å²) in [4.78, 5) is 11.1. The fraction of sp³-hybridized carbons (Fsp3) is 0.692. The van der Waals surface area contributed by atoms with Gasteiger partial charge in [0.05, 0.1) is 5.69 Å². The zero-order valence-corrected chi connectivity index (χ0v) is 11.2. The molecule has 0 unspecified atom stereocenters. The molecular formula is C13H22N4. The predicted molar refractivity (Wildman–Crippen MR) is 70.4 cm³/mol. The van der Waals surface area contributed by atoms with Gasteiger partial charge in [-0.2, -0.15) is 0 Å². The van der Waals surface area contributed by atoms with Gasteiger partial charge in [0, 0.05) is 30.6 Å². The SMILES string of the molecule is CCC(C)(C)c1cc(N2CC(NC)C2)ncn1. The first-order valence-electron chi connectivity index (χ1n) is 6.31. The minimum atomic E-state index is 0.130. The molecule has 17 heavy (non-hydrogen) atoms. The lowest BCUT2D eigenvalue weighted by atomic mass is 9.86. The second-order valence-electron chi connectivity index (χ2n) is 5.39. The number of likely N-dealkylation sites (N-methyl/N-ethyl adjacent to an activating group) is 1. The maximum Gasteiger partial charge on any atom is 0.132 e. The van der Waals surface area contributed by atoms with Crippen LogP contribution in [0.2, 0.25) is 0 Å². The summed E-state index contributed by atoms with van der Waals surface area (Å²) >= 11 is 0. The van der Waals surface area contributed by atoms with Gasteiger partial charge in [-0.05, 0) is 13.5 Å². The number of rotatable bonds is 4. The molecule has 0 amide bonds. The van der Waals surface area contributed by atoms with Gasteiger partial charge in [-0.1, -0.05) is 20.8 Å². The molecule has 1 N–H and O–H groups in total. The Balaban J connectivity index is 2.13. The topological polar surface area (TPSA) is 41.0 Å². The first-order chi connectivity index (χ1) is 8.06. The van der Waals surface area contributed by atoms with Crippen molar-refractivity contribution in [3.63, 3.8) is 0 Å². The molecule has 1 saturated heterocycles. The molecular weight excluding hydrogens is 212 g/mol. The first-order valence-corrected chi connectivity index (χ1v) is 6.31. The maximum atomic E-state index is 4.41. The number of anilines is 1. The lowest BCUT2D eigenvalue weighted by Gasteiger charge is -2.40. The van der Waals surface area contributed by atoms with Crippen LogP contribution in [0, 0.1) is 0 Å². The van der Waals surface area contributed by atoms with Gasteiger partial charge in [0.1, 0.15) is 12.1 Å². The molecule has 94 valence electrons. The summed E-state index contributed by atoms with van der Waals surface area (Å²) in [5.74, 6) is 1.06. The molecule has 0 bridgehead atoms. The van der Waals surface area contributed by atoms with Crippen LogP contribution in [0.15, 0.2) is 12.4 Å². The Kier molecular flexibility index (Phi) is 3.33. The van der Waals surface area contributed by atoms with E-state index in [-0.39, 0.29) is 5.41 Å². The molecule has 4 nitrogen and oxygen atoms in total. The zero-order valence-electron chi connectivity index (χ0n) is 11.2. The molecule has 1 aromatic rings. The van der Waals surface area contributed by atoms with Gasteiger partial charge in [0.2, 0.25) is 0 Å². The summed E-state index contributed by atoms with van der Waals surface area (Å²) in [7, 11) is 2.01. The highest BCUT2D eigenvalue weighted by atomic mass is 15.3. The number of nitrogens with one attached hydrogen (secondary N) is 1. The van der Waals surface area contributed by atoms with Gasteiger partial charge >= 0.3 is 0 Å². The quantitative estimate of drug-likeness (QED) is 0.858. The second-order valence-corrected chi connectivity index (χ2v) is 5.39. The van der Waals surface area contributed by atoms with Crippen molar-refractivity contribution in [2.45, 2.75) is 38.6 Å². The van der Waals surface area contributed by atoms with Gasteiger partial charge in [-0.15, -0.1) is 0 Å². The summed E-state index contributed by atoms with van der Waals surface area (Å²) in [5, 5.41) is 3.27. The molecule has 0 radical (unpaired) electrons. The summed E-state index contributed by atoms with van der Waals surface area (Å²) in [6.07, 6.45) is 2.78. The van der Waals surface area contributed by atoms with Crippen LogP contribution in [-0.2, 0) is 5.41 Å². The Labute approximate surface area is 103 Å². The average molecular weight is 234 g/mol. The van der Waals surface area contributed by atoms with Gasteiger partial charge in [0.25, 0.3) is 0 Å². The van der Waals surface area contributed by atoms with Crippen molar-refractivity contribution < 1.29 is 0 Å². The van der Waals surface area contributed by atoms with E-state index in [2.05, 4.69) is 47.0 Å². The van der Waals surface area contributed by atoms with E-state index in [9.17, 15) is 0 Å². The third-order valence-electron chi connectivity index (χ3n) is 3.84. The molecule has 2 heterocycles. The molecule has 2 rings (SSSR count). The van der Waals surface area contributed by atoms with E-state index in [1.165, 1.54) is 0 Å². The van der Waals surface area contributed by atoms with Gasteiger partial charge in [0.15, 0.2) is 0 Å². The van der Waals surface area contributed by atoms with Crippen LogP contribution in [0.25, 0.3) is 0 Å². The third-order valence-corrected chi connectivity index (χ3v) is 3.84. The number of nitrogens with zero attached hydrogens (tertiary/aromatic N) is 3. The Bertz CT molecular complexity index is 383. The van der Waals surface area contributed by atoms with Crippen LogP contribution in [0.3, 0.4) is 0 Å². The minimum absolute atomic E-state index is 0.130. The molecule has 1 aliphatic rings. The largest absolute Gasteiger partial charge is 0.353 e. The fourth-order valence-corrected chi connectivity index (χ4v) is 1.92. The predicted octanol–water partition coefficient (Wildman–Crippen LogP) is 1.57. The molecule has 1 aliphatic heterocycles. The van der Waals surface area contributed by atoms with Gasteiger partial charge in [-0.3, -0.25) is 0 Å². The molecule has 0 aromatic carbocycles. The van der Waals surface area contributed by atoms with Crippen molar-refractivity contribution in [1.29, 1.82) is 0 Å². The highest BCUT2D eigenvalue weighted by Gasteiger charge is 2.28. The third kappa shape index (κ3) is 2.41. The molecule has 4 heteroatoms. The van der Waals surface area contributed by atoms with E-state index >= 15 is 0 Å². The van der Waals surface area contributed by atoms with Gasteiger partial charge in [-0.25, -0.2) is 9.97 Å². The van der Waals surface area contributed by atoms with E-state index in [1.54, 1.807) is 6.33 Å². The van der Waals surface area contributed by atoms with Crippen LogP contribution < -0.4 is 10.2 Å². The maximum absolute atomic E-state index is 4.41. The molecule has 0 atom stereocenters. The number of aromatic nitrogens is 2. The van der Waals surface area contributed by atoms with Crippen LogP contribution in [-0.4, -0.2) is 36.1 Å². The molecule has 0 aliphatic carbocycles.